The number of carbonyl (C=O) groups is 2. The minimum Gasteiger partial charge on any atom is -0.467 e. The second kappa shape index (κ2) is 5.33. The molecule has 114 valence electrons. The Bertz CT molecular complexity index is 718. The van der Waals surface area contributed by atoms with E-state index in [0.717, 1.165) is 22.6 Å². The highest BCUT2D eigenvalue weighted by Crippen LogP contribution is 2.37. The Morgan fingerprint density at radius 1 is 1.32 bits per heavy atom. The second-order valence-corrected chi connectivity index (χ2v) is 5.99. The molecule has 0 bridgehead atoms. The molecule has 2 amide bonds. The number of hydrogen-bond acceptors (Lipinski definition) is 3. The lowest BCUT2D eigenvalue weighted by Gasteiger charge is -2.15. The van der Waals surface area contributed by atoms with Crippen LogP contribution in [0.5, 0.6) is 0 Å². The monoisotopic (exact) mass is 298 g/mol. The zero-order chi connectivity index (χ0) is 15.7. The van der Waals surface area contributed by atoms with Crippen LogP contribution in [0.1, 0.15) is 30.7 Å². The first-order chi connectivity index (χ1) is 10.5. The molecule has 22 heavy (non-hydrogen) atoms. The summed E-state index contributed by atoms with van der Waals surface area (Å²) in [6.07, 6.45) is 1.85. The summed E-state index contributed by atoms with van der Waals surface area (Å²) in [5.74, 6) is 0.631. The van der Waals surface area contributed by atoms with Gasteiger partial charge in [0.1, 0.15) is 5.76 Å². The van der Waals surface area contributed by atoms with E-state index in [4.69, 9.17) is 4.42 Å². The van der Waals surface area contributed by atoms with Gasteiger partial charge in [-0.25, -0.2) is 0 Å². The van der Waals surface area contributed by atoms with Crippen LogP contribution in [0.15, 0.2) is 41.0 Å². The summed E-state index contributed by atoms with van der Waals surface area (Å²) in [5, 5.41) is 5.68. The molecule has 0 saturated carbocycles. The predicted molar refractivity (Wildman–Crippen MR) is 82.4 cm³/mol. The molecule has 2 heterocycles. The summed E-state index contributed by atoms with van der Waals surface area (Å²) in [7, 11) is 0. The average molecular weight is 298 g/mol. The van der Waals surface area contributed by atoms with Crippen molar-refractivity contribution in [3.8, 4) is 0 Å². The lowest BCUT2D eigenvalue weighted by atomic mass is 9.85. The van der Waals surface area contributed by atoms with Crippen LogP contribution in [0.2, 0.25) is 0 Å². The quantitative estimate of drug-likeness (QED) is 0.910. The van der Waals surface area contributed by atoms with E-state index in [0.29, 0.717) is 6.54 Å². The first-order valence-corrected chi connectivity index (χ1v) is 7.21. The molecule has 0 fully saturated rings. The number of hydrogen-bond donors (Lipinski definition) is 2. The number of nitrogens with one attached hydrogen (secondary N) is 2. The molecule has 1 aliphatic rings. The molecule has 0 aliphatic carbocycles. The van der Waals surface area contributed by atoms with Crippen molar-refractivity contribution in [3.63, 3.8) is 0 Å². The molecular weight excluding hydrogens is 280 g/mol. The van der Waals surface area contributed by atoms with Crippen molar-refractivity contribution in [2.75, 3.05) is 5.32 Å². The number of anilines is 1. The van der Waals surface area contributed by atoms with Gasteiger partial charge >= 0.3 is 0 Å². The fourth-order valence-corrected chi connectivity index (χ4v) is 2.58. The summed E-state index contributed by atoms with van der Waals surface area (Å²) in [6, 6.07) is 9.26. The predicted octanol–water partition coefficient (Wildman–Crippen LogP) is 2.37. The highest BCUT2D eigenvalue weighted by molar-refractivity contribution is 6.05. The van der Waals surface area contributed by atoms with E-state index in [9.17, 15) is 9.59 Å². The first kappa shape index (κ1) is 14.4. The maximum Gasteiger partial charge on any atom is 0.234 e. The van der Waals surface area contributed by atoms with E-state index < -0.39 is 5.41 Å². The molecule has 0 saturated heterocycles. The number of amides is 2. The first-order valence-electron chi connectivity index (χ1n) is 7.21. The number of carbonyl (C=O) groups excluding carboxylic acids is 2. The molecule has 1 aromatic heterocycles. The molecule has 0 radical (unpaired) electrons. The Hall–Kier alpha value is -2.56. The van der Waals surface area contributed by atoms with E-state index in [1.807, 2.05) is 38.1 Å². The molecule has 5 heteroatoms. The van der Waals surface area contributed by atoms with Gasteiger partial charge in [0.15, 0.2) is 0 Å². The fourth-order valence-electron chi connectivity index (χ4n) is 2.58. The van der Waals surface area contributed by atoms with Crippen LogP contribution in [0.4, 0.5) is 5.69 Å². The van der Waals surface area contributed by atoms with Crippen molar-refractivity contribution < 1.29 is 14.0 Å². The van der Waals surface area contributed by atoms with Gasteiger partial charge in [-0.3, -0.25) is 9.59 Å². The molecule has 2 N–H and O–H groups in total. The maximum atomic E-state index is 12.0. The van der Waals surface area contributed by atoms with Gasteiger partial charge in [0.2, 0.25) is 11.8 Å². The van der Waals surface area contributed by atoms with Crippen LogP contribution in [0.3, 0.4) is 0 Å². The molecule has 1 aromatic carbocycles. The smallest absolute Gasteiger partial charge is 0.234 e. The Morgan fingerprint density at radius 3 is 2.86 bits per heavy atom. The van der Waals surface area contributed by atoms with Crippen LogP contribution >= 0.6 is 0 Å². The summed E-state index contributed by atoms with van der Waals surface area (Å²) >= 11 is 0. The minimum atomic E-state index is -0.560. The van der Waals surface area contributed by atoms with E-state index in [1.54, 1.807) is 12.3 Å². The molecule has 0 unspecified atom stereocenters. The van der Waals surface area contributed by atoms with E-state index in [1.165, 1.54) is 0 Å². The standard InChI is InChI=1S/C17H18N2O3/c1-17(2)13-8-11(5-6-14(13)19-16(17)21)9-15(20)18-10-12-4-3-7-22-12/h3-8H,9-10H2,1-2H3,(H,18,20)(H,19,21). The highest BCUT2D eigenvalue weighted by atomic mass is 16.3. The lowest BCUT2D eigenvalue weighted by molar-refractivity contribution is -0.121. The van der Waals surface area contributed by atoms with Crippen molar-refractivity contribution in [2.45, 2.75) is 32.2 Å². The number of fused-ring (bicyclic) bond motifs is 1. The number of benzene rings is 1. The normalized spacial score (nSPS) is 15.3. The zero-order valence-corrected chi connectivity index (χ0v) is 12.6. The summed E-state index contributed by atoms with van der Waals surface area (Å²) in [6.45, 7) is 4.14. The van der Waals surface area contributed by atoms with Gasteiger partial charge in [0.05, 0.1) is 24.6 Å². The Kier molecular flexibility index (Phi) is 3.48. The minimum absolute atomic E-state index is 0.0121. The Morgan fingerprint density at radius 2 is 2.14 bits per heavy atom. The van der Waals surface area contributed by atoms with E-state index >= 15 is 0 Å². The molecule has 3 rings (SSSR count). The average Bonchev–Trinajstić information content (AvgIpc) is 3.06. The van der Waals surface area contributed by atoms with Gasteiger partial charge in [0.25, 0.3) is 0 Å². The van der Waals surface area contributed by atoms with Gasteiger partial charge in [0, 0.05) is 5.69 Å². The Labute approximate surface area is 128 Å². The van der Waals surface area contributed by atoms with E-state index in [-0.39, 0.29) is 18.2 Å². The fraction of sp³-hybridized carbons (Fsp3) is 0.294. The van der Waals surface area contributed by atoms with Gasteiger partial charge < -0.3 is 15.1 Å². The molecule has 1 aliphatic heterocycles. The summed E-state index contributed by atoms with van der Waals surface area (Å²) in [4.78, 5) is 23.9. The lowest BCUT2D eigenvalue weighted by Crippen LogP contribution is -2.27. The third-order valence-corrected chi connectivity index (χ3v) is 3.98. The largest absolute Gasteiger partial charge is 0.467 e. The van der Waals surface area contributed by atoms with Crippen LogP contribution in [-0.4, -0.2) is 11.8 Å². The van der Waals surface area contributed by atoms with Gasteiger partial charge in [-0.15, -0.1) is 0 Å². The van der Waals surface area contributed by atoms with Gasteiger partial charge in [-0.1, -0.05) is 12.1 Å². The summed E-state index contributed by atoms with van der Waals surface area (Å²) < 4.78 is 5.17. The molecule has 0 atom stereocenters. The van der Waals surface area contributed by atoms with Gasteiger partial charge in [-0.05, 0) is 43.2 Å². The molecule has 0 spiro atoms. The van der Waals surface area contributed by atoms with Crippen molar-refractivity contribution in [3.05, 3.63) is 53.5 Å². The van der Waals surface area contributed by atoms with Crippen LogP contribution in [0.25, 0.3) is 0 Å². The molecule has 5 nitrogen and oxygen atoms in total. The third-order valence-electron chi connectivity index (χ3n) is 3.98. The van der Waals surface area contributed by atoms with Crippen molar-refractivity contribution >= 4 is 17.5 Å². The van der Waals surface area contributed by atoms with Gasteiger partial charge in [-0.2, -0.15) is 0 Å². The molecular formula is C17H18N2O3. The van der Waals surface area contributed by atoms with Crippen molar-refractivity contribution in [1.29, 1.82) is 0 Å². The third kappa shape index (κ3) is 2.62. The van der Waals surface area contributed by atoms with Crippen molar-refractivity contribution in [1.82, 2.24) is 5.32 Å². The van der Waals surface area contributed by atoms with Crippen LogP contribution in [-0.2, 0) is 28.0 Å². The SMILES string of the molecule is CC1(C)C(=O)Nc2ccc(CC(=O)NCc3ccco3)cc21. The number of rotatable bonds is 4. The van der Waals surface area contributed by atoms with Crippen LogP contribution in [0, 0.1) is 0 Å². The summed E-state index contributed by atoms with van der Waals surface area (Å²) in [5.41, 5.74) is 2.10. The van der Waals surface area contributed by atoms with E-state index in [2.05, 4.69) is 10.6 Å². The topological polar surface area (TPSA) is 71.3 Å². The zero-order valence-electron chi connectivity index (χ0n) is 12.6. The second-order valence-electron chi connectivity index (χ2n) is 5.99. The highest BCUT2D eigenvalue weighted by Gasteiger charge is 2.38. The van der Waals surface area contributed by atoms with Crippen LogP contribution < -0.4 is 10.6 Å². The number of furan rings is 1. The van der Waals surface area contributed by atoms with Crippen molar-refractivity contribution in [2.24, 2.45) is 0 Å². The Balaban J connectivity index is 1.68. The molecule has 2 aromatic rings. The maximum absolute atomic E-state index is 12.0.